The molecule has 4 aromatic heterocycles. The van der Waals surface area contributed by atoms with Gasteiger partial charge in [0.25, 0.3) is 5.56 Å². The number of nitrogens with two attached hydrogens (primary N) is 2. The number of aliphatic hydroxyl groups is 2. The fraction of sp³-hybridized carbons (Fsp3) is 0.524. The first-order chi connectivity index (χ1) is 21.9. The smallest absolute Gasteiger partial charge is 0.387 e. The molecular formula is C21H25N10O11P2S2+. The van der Waals surface area contributed by atoms with Crippen molar-refractivity contribution in [3.8, 4) is 0 Å². The number of nitrogens with zero attached hydrogens (tertiary/aromatic N) is 7. The third-order valence-electron chi connectivity index (χ3n) is 7.78. The van der Waals surface area contributed by atoms with Gasteiger partial charge in [-0.2, -0.15) is 4.98 Å². The predicted molar refractivity (Wildman–Crippen MR) is 161 cm³/mol. The van der Waals surface area contributed by atoms with Crippen LogP contribution in [0.25, 0.3) is 22.3 Å². The second-order valence-corrected chi connectivity index (χ2v) is 15.1. The van der Waals surface area contributed by atoms with Crippen molar-refractivity contribution in [3.05, 3.63) is 29.3 Å². The fourth-order valence-corrected chi connectivity index (χ4v) is 7.54. The first-order valence-corrected chi connectivity index (χ1v) is 18.2. The molecule has 0 spiro atoms. The van der Waals surface area contributed by atoms with E-state index in [1.54, 1.807) is 0 Å². The maximum absolute atomic E-state index is 12.4. The van der Waals surface area contributed by atoms with Gasteiger partial charge in [-0.25, -0.2) is 19.9 Å². The molecule has 3 saturated heterocycles. The van der Waals surface area contributed by atoms with E-state index in [2.05, 4.69) is 42.2 Å². The van der Waals surface area contributed by atoms with Crippen LogP contribution in [0, 0.1) is 0 Å². The highest BCUT2D eigenvalue weighted by atomic mass is 32.7. The molecule has 46 heavy (non-hydrogen) atoms. The first-order valence-electron chi connectivity index (χ1n) is 13.3. The molecule has 2 bridgehead atoms. The van der Waals surface area contributed by atoms with Crippen LogP contribution in [0.1, 0.15) is 12.5 Å². The summed E-state index contributed by atoms with van der Waals surface area (Å²) in [5, 5.41) is 22.3. The molecule has 21 nitrogen and oxygen atoms in total. The zero-order valence-electron chi connectivity index (χ0n) is 23.0. The van der Waals surface area contributed by atoms with Gasteiger partial charge >= 0.3 is 13.9 Å². The number of H-pyrrole nitrogens is 1. The highest BCUT2D eigenvalue weighted by molar-refractivity contribution is 8.39. The molecule has 0 saturated carbocycles. The maximum atomic E-state index is 12.4. The fourth-order valence-electron chi connectivity index (χ4n) is 5.63. The summed E-state index contributed by atoms with van der Waals surface area (Å²) in [6, 6.07) is 0. The third-order valence-corrected chi connectivity index (χ3v) is 10.0. The second-order valence-electron chi connectivity index (χ2n) is 10.6. The normalized spacial score (nSPS) is 32.4. The van der Waals surface area contributed by atoms with Crippen molar-refractivity contribution in [1.82, 2.24) is 39.0 Å². The zero-order valence-corrected chi connectivity index (χ0v) is 26.5. The lowest BCUT2D eigenvalue weighted by atomic mass is 10.0. The molecule has 7 rings (SSSR count). The number of ether oxygens (including phenoxy) is 3. The lowest BCUT2D eigenvalue weighted by Crippen LogP contribution is -2.45. The highest BCUT2D eigenvalue weighted by Gasteiger charge is 2.63. The summed E-state index contributed by atoms with van der Waals surface area (Å²) in [5.41, 5.74) is 10.0. The van der Waals surface area contributed by atoms with E-state index in [-0.39, 0.29) is 29.5 Å². The van der Waals surface area contributed by atoms with E-state index in [1.165, 1.54) is 28.1 Å². The Hall–Kier alpha value is -2.76. The molecule has 0 aliphatic carbocycles. The summed E-state index contributed by atoms with van der Waals surface area (Å²) in [6.45, 7) is -5.27. The van der Waals surface area contributed by atoms with E-state index in [4.69, 9.17) is 51.1 Å². The second kappa shape index (κ2) is 11.7. The third kappa shape index (κ3) is 5.40. The molecule has 7 heterocycles. The van der Waals surface area contributed by atoms with Crippen LogP contribution >= 0.6 is 26.2 Å². The number of nitrogens with one attached hydrogen (secondary N) is 1. The number of imidazole rings is 2. The van der Waals surface area contributed by atoms with Gasteiger partial charge in [-0.1, -0.05) is 0 Å². The maximum Gasteiger partial charge on any atom is 0.582 e. The van der Waals surface area contributed by atoms with Gasteiger partial charge in [0, 0.05) is 0 Å². The van der Waals surface area contributed by atoms with Crippen molar-refractivity contribution >= 4 is 72.1 Å². The number of thiol groups is 1. The van der Waals surface area contributed by atoms with Gasteiger partial charge in [0.05, 0.1) is 25.9 Å². The van der Waals surface area contributed by atoms with Crippen LogP contribution < -0.4 is 17.0 Å². The van der Waals surface area contributed by atoms with Gasteiger partial charge in [0.1, 0.15) is 66.8 Å². The molecule has 6 unspecified atom stereocenters. The summed E-state index contributed by atoms with van der Waals surface area (Å²) in [5.74, 6) is -0.0638. The molecule has 8 N–H and O–H groups in total. The topological polar surface area (TPSA) is 292 Å². The summed E-state index contributed by atoms with van der Waals surface area (Å²) in [4.78, 5) is 46.3. The van der Waals surface area contributed by atoms with Gasteiger partial charge in [0.2, 0.25) is 5.95 Å². The Morgan fingerprint density at radius 1 is 1.17 bits per heavy atom. The molecular weight excluding hydrogens is 694 g/mol. The lowest BCUT2D eigenvalue weighted by molar-refractivity contribution is -0.183. The number of rotatable bonds is 10. The quantitative estimate of drug-likeness (QED) is 0.0735. The van der Waals surface area contributed by atoms with Crippen molar-refractivity contribution in [2.24, 2.45) is 0 Å². The van der Waals surface area contributed by atoms with Crippen molar-refractivity contribution < 1.29 is 47.5 Å². The Bertz CT molecular complexity index is 1950. The largest absolute Gasteiger partial charge is 0.582 e. The van der Waals surface area contributed by atoms with Gasteiger partial charge < -0.3 is 45.3 Å². The van der Waals surface area contributed by atoms with E-state index in [0.717, 1.165) is 0 Å². The average molecular weight is 720 g/mol. The number of nitrogen functional groups attached to an aromatic ring is 2. The van der Waals surface area contributed by atoms with Crippen LogP contribution in [-0.2, 0) is 44.2 Å². The van der Waals surface area contributed by atoms with Crippen LogP contribution in [0.15, 0.2) is 23.8 Å². The SMILES string of the molecule is Nc1nc2c(ncn2[C@@H]2O[C@H](CO[P+](=O)S)C(O)C2OP(O)(=S)OC[C@]23COC(C2O)[C@H](n2cnc4c(N)ncnc42)O3)c(=O)[nH]1. The van der Waals surface area contributed by atoms with Crippen LogP contribution in [-0.4, -0.2) is 110 Å². The Morgan fingerprint density at radius 3 is 2.67 bits per heavy atom. The van der Waals surface area contributed by atoms with Crippen molar-refractivity contribution in [1.29, 1.82) is 0 Å². The zero-order chi connectivity index (χ0) is 32.5. The molecule has 3 aliphatic heterocycles. The molecule has 0 aromatic carbocycles. The van der Waals surface area contributed by atoms with Gasteiger partial charge in [0.15, 0.2) is 35.1 Å². The van der Waals surface area contributed by atoms with E-state index in [0.29, 0.717) is 11.2 Å². The van der Waals surface area contributed by atoms with Crippen molar-refractivity contribution in [2.45, 2.75) is 48.6 Å². The molecule has 246 valence electrons. The summed E-state index contributed by atoms with van der Waals surface area (Å²) in [7, 11) is -2.36. The van der Waals surface area contributed by atoms with E-state index in [9.17, 15) is 24.5 Å². The number of aromatic amines is 1. The van der Waals surface area contributed by atoms with E-state index >= 15 is 0 Å². The van der Waals surface area contributed by atoms with Gasteiger partial charge in [-0.15, -0.1) is 4.52 Å². The molecule has 10 atom stereocenters. The average Bonchev–Trinajstić information content (AvgIpc) is 3.80. The summed E-state index contributed by atoms with van der Waals surface area (Å²) < 4.78 is 48.6. The standard InChI is InChI=1S/C21H24N10O11P2S2/c22-14-8-15(25-4-24-14)30(5-26-8)19-12-13(33)21(41-19,2-37-12)3-39-44(36,46)42-11-10(32)7(1-38-43(35)45)40-18(11)31-6-27-9-16(31)28-20(23)29-17(9)34/h4-7,10-13,18-19,32-33H,1-3H2,(H6-,22,23,24,25,28,29,34,35,36,45,46)/p+1/t7-,10?,11?,12?,13?,18-,19-,21-,44?/m1/s1. The van der Waals surface area contributed by atoms with Crippen molar-refractivity contribution in [3.63, 3.8) is 0 Å². The number of hydrogen-bond donors (Lipinski definition) is 7. The monoisotopic (exact) mass is 719 g/mol. The number of aromatic nitrogens is 8. The van der Waals surface area contributed by atoms with Crippen molar-refractivity contribution in [2.75, 3.05) is 31.3 Å². The highest BCUT2D eigenvalue weighted by Crippen LogP contribution is 2.53. The van der Waals surface area contributed by atoms with Crippen LogP contribution in [0.5, 0.6) is 0 Å². The van der Waals surface area contributed by atoms with Crippen LogP contribution in [0.3, 0.4) is 0 Å². The molecule has 4 aromatic rings. The summed E-state index contributed by atoms with van der Waals surface area (Å²) >= 11 is 9.00. The molecule has 0 amide bonds. The minimum atomic E-state index is -4.27. The van der Waals surface area contributed by atoms with E-state index in [1.807, 2.05) is 0 Å². The number of fused-ring (bicyclic) bond motifs is 4. The number of hydrogen-bond acceptors (Lipinski definition) is 18. The minimum absolute atomic E-state index is 0.0262. The minimum Gasteiger partial charge on any atom is -0.387 e. The lowest BCUT2D eigenvalue weighted by Gasteiger charge is -2.32. The Balaban J connectivity index is 1.12. The number of anilines is 2. The van der Waals surface area contributed by atoms with Crippen LogP contribution in [0.2, 0.25) is 0 Å². The van der Waals surface area contributed by atoms with Crippen LogP contribution in [0.4, 0.5) is 11.8 Å². The van der Waals surface area contributed by atoms with Gasteiger partial charge in [-0.3, -0.25) is 23.4 Å². The number of aliphatic hydroxyl groups excluding tert-OH is 2. The summed E-state index contributed by atoms with van der Waals surface area (Å²) in [6.07, 6.45) is -4.58. The predicted octanol–water partition coefficient (Wildman–Crippen LogP) is -1.37. The molecule has 0 radical (unpaired) electrons. The Morgan fingerprint density at radius 2 is 1.91 bits per heavy atom. The van der Waals surface area contributed by atoms with Gasteiger partial charge in [-0.05, 0) is 16.4 Å². The Kier molecular flexibility index (Phi) is 8.12. The molecule has 25 heteroatoms. The first kappa shape index (κ1) is 31.8. The van der Waals surface area contributed by atoms with E-state index < -0.39 is 81.3 Å². The molecule has 3 aliphatic rings. The molecule has 3 fully saturated rings. The Labute approximate surface area is 267 Å².